The summed E-state index contributed by atoms with van der Waals surface area (Å²) in [5.74, 6) is 1.06. The van der Waals surface area contributed by atoms with Gasteiger partial charge in [0.1, 0.15) is 0 Å². The highest BCUT2D eigenvalue weighted by atomic mass is 16.5. The zero-order chi connectivity index (χ0) is 19.4. The number of allylic oxidation sites excluding steroid dienone is 1. The first-order valence-corrected chi connectivity index (χ1v) is 8.64. The van der Waals surface area contributed by atoms with E-state index in [1.165, 1.54) is 6.07 Å². The quantitative estimate of drug-likeness (QED) is 0.218. The molecule has 0 heterocycles. The number of Topliss-reactive ketones (excluding diaryl/α,β-unsaturated/α-hetero) is 2. The molecule has 0 aliphatic heterocycles. The predicted octanol–water partition coefficient (Wildman–Crippen LogP) is 2.95. The lowest BCUT2D eigenvalue weighted by Crippen LogP contribution is -2.28. The van der Waals surface area contributed by atoms with Crippen LogP contribution in [0.2, 0.25) is 0 Å². The van der Waals surface area contributed by atoms with Crippen molar-refractivity contribution in [2.24, 2.45) is 0 Å². The molecular weight excluding hydrogens is 330 g/mol. The number of hydrogen-bond donors (Lipinski definition) is 1. The third-order valence-electron chi connectivity index (χ3n) is 3.82. The molecule has 1 rings (SSSR count). The number of methoxy groups -OCH3 is 1. The normalized spacial score (nSPS) is 10.9. The average molecular weight is 355 g/mol. The number of ether oxygens (including phenoxy) is 1. The van der Waals surface area contributed by atoms with E-state index in [2.05, 4.69) is 5.32 Å². The molecule has 0 spiro atoms. The molecular formula is C21H25NO4. The summed E-state index contributed by atoms with van der Waals surface area (Å²) in [7, 11) is 1.56. The van der Waals surface area contributed by atoms with Crippen molar-refractivity contribution in [2.75, 3.05) is 20.3 Å². The molecule has 0 fully saturated rings. The Labute approximate surface area is 154 Å². The SMILES string of the molecule is C#CC(=O)c1ccccc1C(=O)C/C=C(/CCCC)C(=O)NCCOC. The number of rotatable bonds is 11. The van der Waals surface area contributed by atoms with Crippen LogP contribution in [0.4, 0.5) is 0 Å². The first-order chi connectivity index (χ1) is 12.5. The first-order valence-electron chi connectivity index (χ1n) is 8.64. The van der Waals surface area contributed by atoms with Crippen molar-refractivity contribution in [2.45, 2.75) is 32.6 Å². The second-order valence-corrected chi connectivity index (χ2v) is 5.73. The van der Waals surface area contributed by atoms with Crippen molar-refractivity contribution in [3.05, 3.63) is 47.0 Å². The van der Waals surface area contributed by atoms with Crippen LogP contribution in [0.3, 0.4) is 0 Å². The Balaban J connectivity index is 2.91. The molecule has 0 aromatic heterocycles. The molecule has 0 unspecified atom stereocenters. The zero-order valence-electron chi connectivity index (χ0n) is 15.3. The average Bonchev–Trinajstić information content (AvgIpc) is 2.67. The smallest absolute Gasteiger partial charge is 0.246 e. The molecule has 1 amide bonds. The lowest BCUT2D eigenvalue weighted by Gasteiger charge is -2.09. The van der Waals surface area contributed by atoms with Crippen molar-refractivity contribution in [3.63, 3.8) is 0 Å². The van der Waals surface area contributed by atoms with Gasteiger partial charge in [-0.2, -0.15) is 0 Å². The number of nitrogens with one attached hydrogen (secondary N) is 1. The fourth-order valence-corrected chi connectivity index (χ4v) is 2.38. The molecule has 5 heteroatoms. The fourth-order valence-electron chi connectivity index (χ4n) is 2.38. The van der Waals surface area contributed by atoms with Gasteiger partial charge in [0.05, 0.1) is 6.61 Å². The Hall–Kier alpha value is -2.71. The lowest BCUT2D eigenvalue weighted by molar-refractivity contribution is -0.117. The number of benzene rings is 1. The van der Waals surface area contributed by atoms with Crippen LogP contribution >= 0.6 is 0 Å². The monoisotopic (exact) mass is 355 g/mol. The number of terminal acetylenes is 1. The number of amides is 1. The van der Waals surface area contributed by atoms with Crippen LogP contribution in [0.15, 0.2) is 35.9 Å². The Morgan fingerprint density at radius 3 is 2.54 bits per heavy atom. The summed E-state index contributed by atoms with van der Waals surface area (Å²) in [5.41, 5.74) is 1.06. The number of carbonyl (C=O) groups excluding carboxylic acids is 3. The Morgan fingerprint density at radius 2 is 1.92 bits per heavy atom. The van der Waals surface area contributed by atoms with Crippen LogP contribution in [-0.4, -0.2) is 37.7 Å². The maximum absolute atomic E-state index is 12.5. The van der Waals surface area contributed by atoms with Crippen LogP contribution in [0.25, 0.3) is 0 Å². The van der Waals surface area contributed by atoms with Gasteiger partial charge in [-0.25, -0.2) is 0 Å². The molecule has 1 aromatic rings. The molecule has 0 bridgehead atoms. The first kappa shape index (κ1) is 21.3. The number of hydrogen-bond acceptors (Lipinski definition) is 4. The van der Waals surface area contributed by atoms with Crippen molar-refractivity contribution in [1.82, 2.24) is 5.32 Å². The third-order valence-corrected chi connectivity index (χ3v) is 3.82. The highest BCUT2D eigenvalue weighted by Gasteiger charge is 2.15. The molecule has 26 heavy (non-hydrogen) atoms. The summed E-state index contributed by atoms with van der Waals surface area (Å²) in [5, 5.41) is 2.77. The largest absolute Gasteiger partial charge is 0.383 e. The van der Waals surface area contributed by atoms with Crippen LogP contribution in [0, 0.1) is 12.3 Å². The fraction of sp³-hybridized carbons (Fsp3) is 0.381. The summed E-state index contributed by atoms with van der Waals surface area (Å²) >= 11 is 0. The van der Waals surface area contributed by atoms with E-state index in [4.69, 9.17) is 11.2 Å². The van der Waals surface area contributed by atoms with Gasteiger partial charge in [-0.1, -0.05) is 37.6 Å². The minimum Gasteiger partial charge on any atom is -0.383 e. The van der Waals surface area contributed by atoms with Crippen molar-refractivity contribution < 1.29 is 19.1 Å². The van der Waals surface area contributed by atoms with Gasteiger partial charge in [-0.3, -0.25) is 14.4 Å². The number of carbonyl (C=O) groups is 3. The molecule has 0 saturated carbocycles. The zero-order valence-corrected chi connectivity index (χ0v) is 15.3. The van der Waals surface area contributed by atoms with Gasteiger partial charge in [0, 0.05) is 36.8 Å². The molecule has 1 aromatic carbocycles. The standard InChI is InChI=1S/C21H25NO4/c1-4-6-9-16(21(25)22-14-15-26-3)12-13-20(24)18-11-8-7-10-17(18)19(23)5-2/h2,7-8,10-12H,4,6,9,13-15H2,1,3H3,(H,22,25)/b16-12-. The lowest BCUT2D eigenvalue weighted by atomic mass is 9.97. The van der Waals surface area contributed by atoms with E-state index < -0.39 is 5.78 Å². The molecule has 0 aliphatic carbocycles. The molecule has 5 nitrogen and oxygen atoms in total. The van der Waals surface area contributed by atoms with Crippen molar-refractivity contribution in [3.8, 4) is 12.3 Å². The number of unbranched alkanes of at least 4 members (excludes halogenated alkanes) is 1. The third kappa shape index (κ3) is 6.66. The van der Waals surface area contributed by atoms with Gasteiger partial charge in [0.2, 0.25) is 11.7 Å². The van der Waals surface area contributed by atoms with Crippen LogP contribution < -0.4 is 5.32 Å². The van der Waals surface area contributed by atoms with Crippen LogP contribution in [-0.2, 0) is 9.53 Å². The van der Waals surface area contributed by atoms with Gasteiger partial charge < -0.3 is 10.1 Å². The predicted molar refractivity (Wildman–Crippen MR) is 101 cm³/mol. The van der Waals surface area contributed by atoms with E-state index in [9.17, 15) is 14.4 Å². The summed E-state index contributed by atoms with van der Waals surface area (Å²) < 4.78 is 4.92. The molecule has 0 saturated heterocycles. The summed E-state index contributed by atoms with van der Waals surface area (Å²) in [6.45, 7) is 2.87. The Kier molecular flexibility index (Phi) is 9.66. The van der Waals surface area contributed by atoms with Crippen LogP contribution in [0.5, 0.6) is 0 Å². The Morgan fingerprint density at radius 1 is 1.23 bits per heavy atom. The van der Waals surface area contributed by atoms with Gasteiger partial charge >= 0.3 is 0 Å². The van der Waals surface area contributed by atoms with E-state index in [0.717, 1.165) is 12.8 Å². The van der Waals surface area contributed by atoms with Crippen LogP contribution in [0.1, 0.15) is 53.3 Å². The molecule has 138 valence electrons. The van der Waals surface area contributed by atoms with Crippen molar-refractivity contribution in [1.29, 1.82) is 0 Å². The van der Waals surface area contributed by atoms with E-state index in [1.807, 2.05) is 12.8 Å². The van der Waals surface area contributed by atoms with Gasteiger partial charge in [0.15, 0.2) is 5.78 Å². The maximum atomic E-state index is 12.5. The minimum absolute atomic E-state index is 0.0333. The van der Waals surface area contributed by atoms with Crippen molar-refractivity contribution >= 4 is 17.5 Å². The topological polar surface area (TPSA) is 72.5 Å². The van der Waals surface area contributed by atoms with Gasteiger partial charge in [-0.05, 0) is 24.8 Å². The second-order valence-electron chi connectivity index (χ2n) is 5.73. The van der Waals surface area contributed by atoms with E-state index in [0.29, 0.717) is 25.1 Å². The van der Waals surface area contributed by atoms with E-state index in [1.54, 1.807) is 31.4 Å². The maximum Gasteiger partial charge on any atom is 0.246 e. The molecule has 0 radical (unpaired) electrons. The van der Waals surface area contributed by atoms with Gasteiger partial charge in [-0.15, -0.1) is 6.42 Å². The summed E-state index contributed by atoms with van der Waals surface area (Å²) in [4.78, 5) is 36.6. The molecule has 0 aliphatic rings. The second kappa shape index (κ2) is 11.8. The Bertz CT molecular complexity index is 713. The number of ketones is 2. The summed E-state index contributed by atoms with van der Waals surface area (Å²) in [6, 6.07) is 6.45. The molecule has 1 N–H and O–H groups in total. The van der Waals surface area contributed by atoms with E-state index in [-0.39, 0.29) is 29.2 Å². The minimum atomic E-state index is -0.526. The summed E-state index contributed by atoms with van der Waals surface area (Å²) in [6.07, 6.45) is 9.21. The van der Waals surface area contributed by atoms with Gasteiger partial charge in [0.25, 0.3) is 0 Å². The highest BCUT2D eigenvalue weighted by Crippen LogP contribution is 2.15. The van der Waals surface area contributed by atoms with E-state index >= 15 is 0 Å². The highest BCUT2D eigenvalue weighted by molar-refractivity contribution is 6.15. The molecule has 0 atom stereocenters.